The Kier molecular flexibility index (Phi) is 2.92. The van der Waals surface area contributed by atoms with Gasteiger partial charge in [0.15, 0.2) is 12.4 Å². The molecule has 11 heavy (non-hydrogen) atoms. The fraction of sp³-hybridized carbons (Fsp3) is 0.143. The van der Waals surface area contributed by atoms with Crippen LogP contribution in [0.4, 0.5) is 0 Å². The SMILES string of the molecule is NC(=O)CSc1cc[nH+]cc1. The molecular formula is C7H9N2OS+. The molecule has 0 aromatic carbocycles. The molecule has 1 heterocycles. The first kappa shape index (κ1) is 8.07. The Morgan fingerprint density at radius 3 is 2.73 bits per heavy atom. The van der Waals surface area contributed by atoms with Gasteiger partial charge in [-0.05, 0) is 0 Å². The second kappa shape index (κ2) is 3.98. The molecule has 0 atom stereocenters. The van der Waals surface area contributed by atoms with E-state index < -0.39 is 0 Å². The lowest BCUT2D eigenvalue weighted by molar-refractivity contribution is -0.378. The third kappa shape index (κ3) is 3.04. The van der Waals surface area contributed by atoms with E-state index in [0.717, 1.165) is 4.90 Å². The van der Waals surface area contributed by atoms with Crippen molar-refractivity contribution in [3.63, 3.8) is 0 Å². The third-order valence-electron chi connectivity index (χ3n) is 1.07. The maximum atomic E-state index is 10.4. The first-order chi connectivity index (χ1) is 5.29. The van der Waals surface area contributed by atoms with E-state index in [-0.39, 0.29) is 5.91 Å². The molecule has 0 saturated heterocycles. The Morgan fingerprint density at radius 2 is 2.18 bits per heavy atom. The molecule has 0 aliphatic heterocycles. The number of aromatic amines is 1. The lowest BCUT2D eigenvalue weighted by Gasteiger charge is -1.93. The van der Waals surface area contributed by atoms with Crippen LogP contribution in [0.1, 0.15) is 0 Å². The quantitative estimate of drug-likeness (QED) is 0.651. The van der Waals surface area contributed by atoms with E-state index in [4.69, 9.17) is 5.73 Å². The molecule has 0 fully saturated rings. The lowest BCUT2D eigenvalue weighted by atomic mass is 10.5. The predicted molar refractivity (Wildman–Crippen MR) is 42.9 cm³/mol. The zero-order valence-corrected chi connectivity index (χ0v) is 6.73. The lowest BCUT2D eigenvalue weighted by Crippen LogP contribution is -2.13. The number of amides is 1. The average Bonchev–Trinajstić information content (AvgIpc) is 2.03. The standard InChI is InChI=1S/C7H8N2OS/c8-7(10)5-11-6-1-3-9-4-2-6/h1-4H,5H2,(H2,8,10)/p+1. The van der Waals surface area contributed by atoms with Crippen LogP contribution in [0.15, 0.2) is 29.4 Å². The minimum atomic E-state index is -0.289. The smallest absolute Gasteiger partial charge is 0.227 e. The second-order valence-electron chi connectivity index (χ2n) is 1.99. The van der Waals surface area contributed by atoms with Gasteiger partial charge in [0.1, 0.15) is 0 Å². The zero-order valence-electron chi connectivity index (χ0n) is 5.91. The van der Waals surface area contributed by atoms with Gasteiger partial charge in [0, 0.05) is 17.0 Å². The topological polar surface area (TPSA) is 57.2 Å². The molecule has 1 aromatic rings. The molecule has 1 amide bonds. The summed E-state index contributed by atoms with van der Waals surface area (Å²) in [6, 6.07) is 3.79. The van der Waals surface area contributed by atoms with Crippen molar-refractivity contribution in [3.8, 4) is 0 Å². The van der Waals surface area contributed by atoms with Crippen LogP contribution in [0, 0.1) is 0 Å². The van der Waals surface area contributed by atoms with E-state index in [1.165, 1.54) is 11.8 Å². The number of pyridine rings is 1. The number of H-pyrrole nitrogens is 1. The van der Waals surface area contributed by atoms with Crippen molar-refractivity contribution in [1.82, 2.24) is 0 Å². The molecule has 3 nitrogen and oxygen atoms in total. The molecule has 0 aliphatic rings. The van der Waals surface area contributed by atoms with Crippen LogP contribution in [-0.2, 0) is 4.79 Å². The maximum Gasteiger partial charge on any atom is 0.227 e. The van der Waals surface area contributed by atoms with Gasteiger partial charge in [0.2, 0.25) is 5.91 Å². The van der Waals surface area contributed by atoms with E-state index in [2.05, 4.69) is 4.98 Å². The number of nitrogens with two attached hydrogens (primary N) is 1. The largest absolute Gasteiger partial charge is 0.369 e. The molecule has 1 aromatic heterocycles. The Morgan fingerprint density at radius 1 is 1.55 bits per heavy atom. The maximum absolute atomic E-state index is 10.4. The third-order valence-corrected chi connectivity index (χ3v) is 2.10. The van der Waals surface area contributed by atoms with Crippen molar-refractivity contribution in [1.29, 1.82) is 0 Å². The number of carbonyl (C=O) groups is 1. The first-order valence-electron chi connectivity index (χ1n) is 3.16. The summed E-state index contributed by atoms with van der Waals surface area (Å²) in [5, 5.41) is 0. The Balaban J connectivity index is 2.45. The van der Waals surface area contributed by atoms with E-state index in [1.807, 2.05) is 24.5 Å². The molecule has 4 heteroatoms. The number of hydrogen-bond donors (Lipinski definition) is 1. The Hall–Kier alpha value is -1.03. The molecule has 58 valence electrons. The summed E-state index contributed by atoms with van der Waals surface area (Å²) >= 11 is 1.43. The predicted octanol–water partition coefficient (Wildman–Crippen LogP) is 0.0781. The first-order valence-corrected chi connectivity index (χ1v) is 4.15. The van der Waals surface area contributed by atoms with Gasteiger partial charge in [-0.3, -0.25) is 4.79 Å². The summed E-state index contributed by atoms with van der Waals surface area (Å²) in [7, 11) is 0. The van der Waals surface area contributed by atoms with Crippen molar-refractivity contribution in [2.75, 3.05) is 5.75 Å². The van der Waals surface area contributed by atoms with E-state index in [0.29, 0.717) is 5.75 Å². The minimum absolute atomic E-state index is 0.289. The summed E-state index contributed by atoms with van der Waals surface area (Å²) in [6.45, 7) is 0. The van der Waals surface area contributed by atoms with Crippen LogP contribution in [-0.4, -0.2) is 11.7 Å². The Labute approximate surface area is 69.0 Å². The van der Waals surface area contributed by atoms with Gasteiger partial charge in [0.25, 0.3) is 0 Å². The number of hydrogen-bond acceptors (Lipinski definition) is 2. The Bertz CT molecular complexity index is 237. The summed E-state index contributed by atoms with van der Waals surface area (Å²) in [5.41, 5.74) is 4.97. The van der Waals surface area contributed by atoms with Crippen LogP contribution < -0.4 is 10.7 Å². The molecule has 0 spiro atoms. The van der Waals surface area contributed by atoms with E-state index in [9.17, 15) is 4.79 Å². The van der Waals surface area contributed by atoms with Crippen molar-refractivity contribution in [2.24, 2.45) is 5.73 Å². The number of carbonyl (C=O) groups excluding carboxylic acids is 1. The van der Waals surface area contributed by atoms with Gasteiger partial charge in [0.05, 0.1) is 5.75 Å². The highest BCUT2D eigenvalue weighted by Gasteiger charge is 1.97. The highest BCUT2D eigenvalue weighted by Crippen LogP contribution is 2.13. The molecule has 0 bridgehead atoms. The highest BCUT2D eigenvalue weighted by molar-refractivity contribution is 8.00. The van der Waals surface area contributed by atoms with Gasteiger partial charge in [-0.15, -0.1) is 11.8 Å². The minimum Gasteiger partial charge on any atom is -0.369 e. The van der Waals surface area contributed by atoms with Crippen molar-refractivity contribution in [2.45, 2.75) is 4.90 Å². The molecular weight excluding hydrogens is 160 g/mol. The monoisotopic (exact) mass is 169 g/mol. The van der Waals surface area contributed by atoms with Gasteiger partial charge >= 0.3 is 0 Å². The molecule has 0 saturated carbocycles. The second-order valence-corrected chi connectivity index (χ2v) is 3.04. The molecule has 1 rings (SSSR count). The van der Waals surface area contributed by atoms with Crippen molar-refractivity contribution >= 4 is 17.7 Å². The highest BCUT2D eigenvalue weighted by atomic mass is 32.2. The number of rotatable bonds is 3. The molecule has 0 unspecified atom stereocenters. The molecule has 0 radical (unpaired) electrons. The van der Waals surface area contributed by atoms with Crippen LogP contribution in [0.3, 0.4) is 0 Å². The van der Waals surface area contributed by atoms with Crippen molar-refractivity contribution < 1.29 is 9.78 Å². The van der Waals surface area contributed by atoms with Crippen molar-refractivity contribution in [3.05, 3.63) is 24.5 Å². The van der Waals surface area contributed by atoms with Crippen LogP contribution in [0.25, 0.3) is 0 Å². The van der Waals surface area contributed by atoms with Crippen LogP contribution in [0.2, 0.25) is 0 Å². The summed E-state index contributed by atoms with van der Waals surface area (Å²) in [6.07, 6.45) is 3.62. The number of primary amides is 1. The molecule has 3 N–H and O–H groups in total. The van der Waals surface area contributed by atoms with Crippen LogP contribution >= 0.6 is 11.8 Å². The number of aromatic nitrogens is 1. The fourth-order valence-corrected chi connectivity index (χ4v) is 1.26. The van der Waals surface area contributed by atoms with Gasteiger partial charge in [-0.1, -0.05) is 0 Å². The number of thioether (sulfide) groups is 1. The van der Waals surface area contributed by atoms with Gasteiger partial charge < -0.3 is 5.73 Å². The fourth-order valence-electron chi connectivity index (χ4n) is 0.622. The normalized spacial score (nSPS) is 9.45. The number of nitrogens with one attached hydrogen (secondary N) is 1. The van der Waals surface area contributed by atoms with Gasteiger partial charge in [-0.25, -0.2) is 4.98 Å². The average molecular weight is 169 g/mol. The summed E-state index contributed by atoms with van der Waals surface area (Å²) in [4.78, 5) is 14.3. The van der Waals surface area contributed by atoms with E-state index >= 15 is 0 Å². The van der Waals surface area contributed by atoms with Gasteiger partial charge in [-0.2, -0.15) is 0 Å². The zero-order chi connectivity index (χ0) is 8.10. The van der Waals surface area contributed by atoms with E-state index in [1.54, 1.807) is 0 Å². The summed E-state index contributed by atoms with van der Waals surface area (Å²) in [5.74, 6) is 0.0483. The summed E-state index contributed by atoms with van der Waals surface area (Å²) < 4.78 is 0. The molecule has 0 aliphatic carbocycles. The van der Waals surface area contributed by atoms with Crippen LogP contribution in [0.5, 0.6) is 0 Å².